The van der Waals surface area contributed by atoms with E-state index in [2.05, 4.69) is 15.5 Å². The van der Waals surface area contributed by atoms with E-state index >= 15 is 0 Å². The maximum Gasteiger partial charge on any atom is 0.234 e. The zero-order valence-corrected chi connectivity index (χ0v) is 19.0. The smallest absolute Gasteiger partial charge is 0.234 e. The zero-order valence-electron chi connectivity index (χ0n) is 17.4. The summed E-state index contributed by atoms with van der Waals surface area (Å²) in [7, 11) is 3.11. The fraction of sp³-hybridized carbons (Fsp3) is 0.286. The van der Waals surface area contributed by atoms with E-state index in [9.17, 15) is 4.79 Å². The molecule has 0 aliphatic rings. The molecule has 3 rings (SSSR count). The molecular formula is C21H23ClN4O4S. The largest absolute Gasteiger partial charge is 0.493 e. The predicted molar refractivity (Wildman–Crippen MR) is 120 cm³/mol. The molecular weight excluding hydrogens is 440 g/mol. The predicted octanol–water partition coefficient (Wildman–Crippen LogP) is 4.28. The van der Waals surface area contributed by atoms with Gasteiger partial charge in [-0.25, -0.2) is 0 Å². The van der Waals surface area contributed by atoms with E-state index in [0.29, 0.717) is 45.5 Å². The van der Waals surface area contributed by atoms with E-state index in [1.165, 1.54) is 11.8 Å². The van der Waals surface area contributed by atoms with Gasteiger partial charge < -0.3 is 24.1 Å². The highest BCUT2D eigenvalue weighted by Gasteiger charge is 2.14. The van der Waals surface area contributed by atoms with Crippen molar-refractivity contribution in [3.05, 3.63) is 53.3 Å². The van der Waals surface area contributed by atoms with Gasteiger partial charge in [0.25, 0.3) is 0 Å². The normalized spacial score (nSPS) is 10.6. The van der Waals surface area contributed by atoms with Gasteiger partial charge in [0.05, 0.1) is 20.0 Å². The standard InChI is InChI=1S/C21H23ClN4O4S/c1-4-26-19(12-30-16-8-5-14(22)6-9-16)24-25-21(26)31-13-20(27)23-15-7-10-17(28-2)18(11-15)29-3/h5-11H,4,12-13H2,1-3H3,(H,23,27). The Morgan fingerprint density at radius 2 is 1.84 bits per heavy atom. The number of nitrogens with one attached hydrogen (secondary N) is 1. The van der Waals surface area contributed by atoms with E-state index in [0.717, 1.165) is 0 Å². The third-order valence-corrected chi connectivity index (χ3v) is 5.51. The summed E-state index contributed by atoms with van der Waals surface area (Å²) in [4.78, 5) is 12.4. The second-order valence-corrected chi connectivity index (χ2v) is 7.67. The van der Waals surface area contributed by atoms with Crippen LogP contribution >= 0.6 is 23.4 Å². The molecule has 0 fully saturated rings. The highest BCUT2D eigenvalue weighted by atomic mass is 35.5. The molecule has 0 saturated heterocycles. The first-order valence-corrected chi connectivity index (χ1v) is 10.9. The summed E-state index contributed by atoms with van der Waals surface area (Å²) in [6, 6.07) is 12.3. The Hall–Kier alpha value is -2.91. The topological polar surface area (TPSA) is 87.5 Å². The number of carbonyl (C=O) groups is 1. The molecule has 0 atom stereocenters. The molecule has 1 amide bonds. The Labute approximate surface area is 189 Å². The number of aromatic nitrogens is 3. The van der Waals surface area contributed by atoms with Crippen molar-refractivity contribution >= 4 is 35.0 Å². The third kappa shape index (κ3) is 6.05. The molecule has 3 aromatic rings. The van der Waals surface area contributed by atoms with Gasteiger partial charge in [0.15, 0.2) is 22.5 Å². The molecule has 31 heavy (non-hydrogen) atoms. The number of nitrogens with zero attached hydrogens (tertiary/aromatic N) is 3. The molecule has 8 nitrogen and oxygen atoms in total. The summed E-state index contributed by atoms with van der Waals surface area (Å²) in [6.07, 6.45) is 0. The molecule has 0 bridgehead atoms. The van der Waals surface area contributed by atoms with Crippen LogP contribution in [-0.4, -0.2) is 40.6 Å². The molecule has 1 aromatic heterocycles. The molecule has 0 spiro atoms. The zero-order chi connectivity index (χ0) is 22.2. The van der Waals surface area contributed by atoms with Crippen LogP contribution in [0, 0.1) is 0 Å². The maximum atomic E-state index is 12.4. The van der Waals surface area contributed by atoms with Crippen molar-refractivity contribution in [2.75, 3.05) is 25.3 Å². The molecule has 0 saturated carbocycles. The number of amides is 1. The first-order valence-electron chi connectivity index (χ1n) is 9.49. The number of anilines is 1. The van der Waals surface area contributed by atoms with Gasteiger partial charge in [-0.1, -0.05) is 23.4 Å². The Morgan fingerprint density at radius 1 is 1.10 bits per heavy atom. The van der Waals surface area contributed by atoms with Crippen LogP contribution in [0.1, 0.15) is 12.7 Å². The third-order valence-electron chi connectivity index (χ3n) is 4.29. The molecule has 2 aromatic carbocycles. The van der Waals surface area contributed by atoms with Gasteiger partial charge in [-0.2, -0.15) is 0 Å². The number of rotatable bonds is 10. The number of hydrogen-bond acceptors (Lipinski definition) is 7. The minimum absolute atomic E-state index is 0.165. The number of halogens is 1. The number of ether oxygens (including phenoxy) is 3. The maximum absolute atomic E-state index is 12.4. The van der Waals surface area contributed by atoms with Gasteiger partial charge >= 0.3 is 0 Å². The highest BCUT2D eigenvalue weighted by Crippen LogP contribution is 2.30. The minimum Gasteiger partial charge on any atom is -0.493 e. The molecule has 164 valence electrons. The van der Waals surface area contributed by atoms with Crippen LogP contribution < -0.4 is 19.5 Å². The number of carbonyl (C=O) groups excluding carboxylic acids is 1. The van der Waals surface area contributed by atoms with Crippen molar-refractivity contribution in [1.82, 2.24) is 14.8 Å². The van der Waals surface area contributed by atoms with Crippen LogP contribution in [0.15, 0.2) is 47.6 Å². The van der Waals surface area contributed by atoms with Crippen molar-refractivity contribution < 1.29 is 19.0 Å². The van der Waals surface area contributed by atoms with E-state index in [1.807, 2.05) is 11.5 Å². The average Bonchev–Trinajstić information content (AvgIpc) is 3.19. The van der Waals surface area contributed by atoms with E-state index in [-0.39, 0.29) is 18.3 Å². The second-order valence-electron chi connectivity index (χ2n) is 6.29. The Kier molecular flexibility index (Phi) is 8.02. The van der Waals surface area contributed by atoms with Gasteiger partial charge in [-0.3, -0.25) is 4.79 Å². The number of hydrogen-bond donors (Lipinski definition) is 1. The highest BCUT2D eigenvalue weighted by molar-refractivity contribution is 7.99. The second kappa shape index (κ2) is 10.9. The first-order chi connectivity index (χ1) is 15.0. The molecule has 10 heteroatoms. The number of benzene rings is 2. The summed E-state index contributed by atoms with van der Waals surface area (Å²) in [5, 5.41) is 12.5. The summed E-state index contributed by atoms with van der Waals surface area (Å²) in [5.74, 6) is 2.54. The Morgan fingerprint density at radius 3 is 2.52 bits per heavy atom. The summed E-state index contributed by atoms with van der Waals surface area (Å²) in [5.41, 5.74) is 0.622. The first kappa shape index (κ1) is 22.8. The molecule has 0 aliphatic heterocycles. The minimum atomic E-state index is -0.165. The molecule has 0 aliphatic carbocycles. The van der Waals surface area contributed by atoms with Crippen LogP contribution in [0.5, 0.6) is 17.2 Å². The lowest BCUT2D eigenvalue weighted by atomic mass is 10.2. The number of thioether (sulfide) groups is 1. The SMILES string of the molecule is CCn1c(COc2ccc(Cl)cc2)nnc1SCC(=O)Nc1ccc(OC)c(OC)c1. The van der Waals surface area contributed by atoms with Crippen molar-refractivity contribution in [3.63, 3.8) is 0 Å². The van der Waals surface area contributed by atoms with E-state index in [1.54, 1.807) is 56.7 Å². The molecule has 0 unspecified atom stereocenters. The van der Waals surface area contributed by atoms with Crippen molar-refractivity contribution in [2.45, 2.75) is 25.2 Å². The molecule has 0 radical (unpaired) electrons. The van der Waals surface area contributed by atoms with Gasteiger partial charge in [0.2, 0.25) is 5.91 Å². The summed E-state index contributed by atoms with van der Waals surface area (Å²) < 4.78 is 18.1. The van der Waals surface area contributed by atoms with Gasteiger partial charge in [0.1, 0.15) is 12.4 Å². The Bertz CT molecular complexity index is 1030. The van der Waals surface area contributed by atoms with E-state index < -0.39 is 0 Å². The lowest BCUT2D eigenvalue weighted by Gasteiger charge is -2.11. The number of methoxy groups -OCH3 is 2. The van der Waals surface area contributed by atoms with Crippen LogP contribution in [0.3, 0.4) is 0 Å². The molecule has 1 heterocycles. The van der Waals surface area contributed by atoms with Gasteiger partial charge in [-0.05, 0) is 43.3 Å². The fourth-order valence-corrected chi connectivity index (χ4v) is 3.72. The summed E-state index contributed by atoms with van der Waals surface area (Å²) in [6.45, 7) is 2.91. The monoisotopic (exact) mass is 462 g/mol. The quantitative estimate of drug-likeness (QED) is 0.450. The molecule has 1 N–H and O–H groups in total. The van der Waals surface area contributed by atoms with Crippen LogP contribution in [0.4, 0.5) is 5.69 Å². The van der Waals surface area contributed by atoms with Gasteiger partial charge in [0, 0.05) is 23.3 Å². The fourth-order valence-electron chi connectivity index (χ4n) is 2.77. The lowest BCUT2D eigenvalue weighted by molar-refractivity contribution is -0.113. The van der Waals surface area contributed by atoms with Crippen LogP contribution in [-0.2, 0) is 17.9 Å². The average molecular weight is 463 g/mol. The van der Waals surface area contributed by atoms with Crippen LogP contribution in [0.25, 0.3) is 0 Å². The van der Waals surface area contributed by atoms with Crippen LogP contribution in [0.2, 0.25) is 5.02 Å². The van der Waals surface area contributed by atoms with Crippen molar-refractivity contribution in [3.8, 4) is 17.2 Å². The Balaban J connectivity index is 1.57. The summed E-state index contributed by atoms with van der Waals surface area (Å²) >= 11 is 7.20. The van der Waals surface area contributed by atoms with Gasteiger partial charge in [-0.15, -0.1) is 10.2 Å². The van der Waals surface area contributed by atoms with Crippen molar-refractivity contribution in [2.24, 2.45) is 0 Å². The van der Waals surface area contributed by atoms with E-state index in [4.69, 9.17) is 25.8 Å². The lowest BCUT2D eigenvalue weighted by Crippen LogP contribution is -2.15. The van der Waals surface area contributed by atoms with Crippen molar-refractivity contribution in [1.29, 1.82) is 0 Å².